The maximum absolute atomic E-state index is 12.8. The predicted molar refractivity (Wildman–Crippen MR) is 94.2 cm³/mol. The van der Waals surface area contributed by atoms with E-state index in [0.29, 0.717) is 11.8 Å². The molecule has 0 aliphatic carbocycles. The van der Waals surface area contributed by atoms with Gasteiger partial charge in [0.25, 0.3) is 5.91 Å². The van der Waals surface area contributed by atoms with Crippen LogP contribution in [0.4, 0.5) is 5.69 Å². The lowest BCUT2D eigenvalue weighted by Crippen LogP contribution is -2.26. The Hall–Kier alpha value is -3.47. The molecule has 0 saturated heterocycles. The van der Waals surface area contributed by atoms with Gasteiger partial charge in [-0.05, 0) is 29.7 Å². The number of nitrogens with zero attached hydrogens (tertiary/aromatic N) is 3. The first-order valence-corrected chi connectivity index (χ1v) is 8.03. The molecule has 1 aliphatic heterocycles. The third-order valence-electron chi connectivity index (χ3n) is 4.43. The SMILES string of the molecule is O=C1c2cccc3cccc(c23)N1Cc1nnc(-c2ccccc2)o1. The van der Waals surface area contributed by atoms with E-state index in [-0.39, 0.29) is 12.5 Å². The number of carbonyl (C=O) groups excluding carboxylic acids is 1. The number of amides is 1. The van der Waals surface area contributed by atoms with Crippen molar-refractivity contribution in [1.82, 2.24) is 10.2 Å². The number of carbonyl (C=O) groups is 1. The molecule has 4 aromatic rings. The monoisotopic (exact) mass is 327 g/mol. The van der Waals surface area contributed by atoms with Crippen LogP contribution in [0.3, 0.4) is 0 Å². The molecule has 3 aromatic carbocycles. The van der Waals surface area contributed by atoms with Gasteiger partial charge in [-0.3, -0.25) is 9.69 Å². The Bertz CT molecular complexity index is 1100. The normalized spacial score (nSPS) is 13.0. The van der Waals surface area contributed by atoms with Crippen molar-refractivity contribution in [2.75, 3.05) is 4.90 Å². The third kappa shape index (κ3) is 2.13. The van der Waals surface area contributed by atoms with Crippen molar-refractivity contribution < 1.29 is 9.21 Å². The molecule has 0 saturated carbocycles. The summed E-state index contributed by atoms with van der Waals surface area (Å²) in [6.45, 7) is 0.256. The largest absolute Gasteiger partial charge is 0.419 e. The number of hydrogen-bond donors (Lipinski definition) is 0. The van der Waals surface area contributed by atoms with Gasteiger partial charge >= 0.3 is 0 Å². The molecule has 0 unspecified atom stereocenters. The molecular weight excluding hydrogens is 314 g/mol. The lowest BCUT2D eigenvalue weighted by Gasteiger charge is -2.15. The van der Waals surface area contributed by atoms with E-state index in [1.54, 1.807) is 4.90 Å². The molecule has 5 heteroatoms. The molecule has 0 radical (unpaired) electrons. The number of rotatable bonds is 3. The minimum Gasteiger partial charge on any atom is -0.419 e. The Balaban J connectivity index is 1.51. The molecule has 5 nitrogen and oxygen atoms in total. The van der Waals surface area contributed by atoms with Crippen LogP contribution in [0.5, 0.6) is 0 Å². The van der Waals surface area contributed by atoms with Crippen molar-refractivity contribution in [2.45, 2.75) is 6.54 Å². The van der Waals surface area contributed by atoms with Gasteiger partial charge in [-0.1, -0.05) is 42.5 Å². The quantitative estimate of drug-likeness (QED) is 0.569. The van der Waals surface area contributed by atoms with E-state index in [1.165, 1.54) is 0 Å². The lowest BCUT2D eigenvalue weighted by atomic mass is 10.1. The van der Waals surface area contributed by atoms with Gasteiger partial charge in [0.05, 0.1) is 5.69 Å². The van der Waals surface area contributed by atoms with E-state index >= 15 is 0 Å². The van der Waals surface area contributed by atoms with E-state index in [2.05, 4.69) is 10.2 Å². The molecule has 0 atom stereocenters. The van der Waals surface area contributed by atoms with Gasteiger partial charge in [0, 0.05) is 16.5 Å². The fourth-order valence-corrected chi connectivity index (χ4v) is 3.29. The van der Waals surface area contributed by atoms with Crippen molar-refractivity contribution in [3.05, 3.63) is 78.2 Å². The smallest absolute Gasteiger partial charge is 0.259 e. The highest BCUT2D eigenvalue weighted by Gasteiger charge is 2.30. The fraction of sp³-hybridized carbons (Fsp3) is 0.0500. The van der Waals surface area contributed by atoms with Crippen LogP contribution in [0.15, 0.2) is 71.1 Å². The van der Waals surface area contributed by atoms with Crippen molar-refractivity contribution >= 4 is 22.4 Å². The minimum absolute atomic E-state index is 0.0359. The summed E-state index contributed by atoms with van der Waals surface area (Å²) in [5, 5.41) is 10.2. The minimum atomic E-state index is -0.0359. The van der Waals surface area contributed by atoms with E-state index in [4.69, 9.17) is 4.42 Å². The maximum atomic E-state index is 12.8. The van der Waals surface area contributed by atoms with E-state index in [9.17, 15) is 4.79 Å². The molecular formula is C20H13N3O2. The standard InChI is InChI=1S/C20H13N3O2/c24-20-15-10-4-8-13-9-5-11-16(18(13)15)23(20)12-17-21-22-19(25-17)14-6-2-1-3-7-14/h1-11H,12H2. The number of aromatic nitrogens is 2. The molecule has 2 heterocycles. The summed E-state index contributed by atoms with van der Waals surface area (Å²) >= 11 is 0. The van der Waals surface area contributed by atoms with Gasteiger partial charge in [-0.2, -0.15) is 0 Å². The first kappa shape index (κ1) is 13.9. The van der Waals surface area contributed by atoms with Crippen molar-refractivity contribution in [2.24, 2.45) is 0 Å². The van der Waals surface area contributed by atoms with Gasteiger partial charge in [-0.25, -0.2) is 0 Å². The van der Waals surface area contributed by atoms with Crippen LogP contribution in [0, 0.1) is 0 Å². The molecule has 1 aliphatic rings. The third-order valence-corrected chi connectivity index (χ3v) is 4.43. The average molecular weight is 327 g/mol. The molecule has 0 N–H and O–H groups in total. The van der Waals surface area contributed by atoms with Crippen LogP contribution in [0.1, 0.15) is 16.2 Å². The Labute approximate surface area is 143 Å². The number of anilines is 1. The first-order valence-electron chi connectivity index (χ1n) is 8.03. The zero-order valence-electron chi connectivity index (χ0n) is 13.2. The highest BCUT2D eigenvalue weighted by atomic mass is 16.4. The van der Waals surface area contributed by atoms with Crippen LogP contribution >= 0.6 is 0 Å². The van der Waals surface area contributed by atoms with Crippen LogP contribution in [0.2, 0.25) is 0 Å². The van der Waals surface area contributed by atoms with Crippen LogP contribution in [-0.4, -0.2) is 16.1 Å². The van der Waals surface area contributed by atoms with Crippen LogP contribution < -0.4 is 4.90 Å². The van der Waals surface area contributed by atoms with E-state index < -0.39 is 0 Å². The average Bonchev–Trinajstić information content (AvgIpc) is 3.23. The number of benzene rings is 3. The molecule has 0 fully saturated rings. The predicted octanol–water partition coefficient (Wildman–Crippen LogP) is 4.05. The van der Waals surface area contributed by atoms with Crippen molar-refractivity contribution in [3.8, 4) is 11.5 Å². The van der Waals surface area contributed by atoms with Gasteiger partial charge in [-0.15, -0.1) is 10.2 Å². The molecule has 120 valence electrons. The van der Waals surface area contributed by atoms with E-state index in [1.807, 2.05) is 66.7 Å². The van der Waals surface area contributed by atoms with Gasteiger partial charge in [0.15, 0.2) is 0 Å². The summed E-state index contributed by atoms with van der Waals surface area (Å²) in [4.78, 5) is 14.5. The topological polar surface area (TPSA) is 59.2 Å². The summed E-state index contributed by atoms with van der Waals surface area (Å²) in [5.41, 5.74) is 2.47. The summed E-state index contributed by atoms with van der Waals surface area (Å²) in [7, 11) is 0. The second-order valence-corrected chi connectivity index (χ2v) is 5.94. The molecule has 25 heavy (non-hydrogen) atoms. The molecule has 0 spiro atoms. The highest BCUT2D eigenvalue weighted by molar-refractivity contribution is 6.24. The summed E-state index contributed by atoms with van der Waals surface area (Å²) in [6, 6.07) is 21.3. The zero-order valence-corrected chi connectivity index (χ0v) is 13.2. The second-order valence-electron chi connectivity index (χ2n) is 5.94. The fourth-order valence-electron chi connectivity index (χ4n) is 3.29. The molecule has 5 rings (SSSR count). The van der Waals surface area contributed by atoms with Crippen molar-refractivity contribution in [3.63, 3.8) is 0 Å². The zero-order chi connectivity index (χ0) is 16.8. The Kier molecular flexibility index (Phi) is 2.94. The van der Waals surface area contributed by atoms with Crippen LogP contribution in [0.25, 0.3) is 22.2 Å². The molecule has 1 aromatic heterocycles. The lowest BCUT2D eigenvalue weighted by molar-refractivity contribution is 0.0989. The highest BCUT2D eigenvalue weighted by Crippen LogP contribution is 2.37. The molecule has 1 amide bonds. The van der Waals surface area contributed by atoms with E-state index in [0.717, 1.165) is 27.6 Å². The first-order chi connectivity index (χ1) is 12.3. The Morgan fingerprint density at radius 3 is 2.52 bits per heavy atom. The summed E-state index contributed by atoms with van der Waals surface area (Å²) in [6.07, 6.45) is 0. The van der Waals surface area contributed by atoms with Crippen molar-refractivity contribution in [1.29, 1.82) is 0 Å². The van der Waals surface area contributed by atoms with Gasteiger partial charge < -0.3 is 4.42 Å². The van der Waals surface area contributed by atoms with Gasteiger partial charge in [0.1, 0.15) is 6.54 Å². The van der Waals surface area contributed by atoms with Gasteiger partial charge in [0.2, 0.25) is 11.8 Å². The van der Waals surface area contributed by atoms with Crippen LogP contribution in [-0.2, 0) is 6.54 Å². The number of hydrogen-bond acceptors (Lipinski definition) is 4. The second kappa shape index (κ2) is 5.27. The summed E-state index contributed by atoms with van der Waals surface area (Å²) < 4.78 is 5.76. The summed E-state index contributed by atoms with van der Waals surface area (Å²) in [5.74, 6) is 0.834. The maximum Gasteiger partial charge on any atom is 0.259 e. The Morgan fingerprint density at radius 2 is 1.68 bits per heavy atom. The molecule has 0 bridgehead atoms. The Morgan fingerprint density at radius 1 is 0.880 bits per heavy atom.